The lowest BCUT2D eigenvalue weighted by atomic mass is 10.1. The van der Waals surface area contributed by atoms with Gasteiger partial charge >= 0.3 is 0 Å². The first kappa shape index (κ1) is 22.9. The van der Waals surface area contributed by atoms with Gasteiger partial charge in [-0.1, -0.05) is 6.92 Å². The molecule has 6 nitrogen and oxygen atoms in total. The average molecular weight is 442 g/mol. The fraction of sp³-hybridized carbons (Fsp3) is 0.938. The molecule has 1 aliphatic heterocycles. The Balaban J connectivity index is 0.00000484. The zero-order valence-electron chi connectivity index (χ0n) is 15.4. The molecule has 1 saturated heterocycles. The molecule has 0 amide bonds. The van der Waals surface area contributed by atoms with Crippen LogP contribution in [0.5, 0.6) is 0 Å². The molecule has 0 aromatic carbocycles. The van der Waals surface area contributed by atoms with Crippen molar-refractivity contribution < 1.29 is 9.47 Å². The number of nitrogens with one attached hydrogen (secondary N) is 2. The van der Waals surface area contributed by atoms with Crippen molar-refractivity contribution in [2.45, 2.75) is 33.3 Å². The van der Waals surface area contributed by atoms with Crippen molar-refractivity contribution in [1.29, 1.82) is 0 Å². The Kier molecular flexibility index (Phi) is 12.2. The molecule has 0 aromatic rings. The van der Waals surface area contributed by atoms with Gasteiger partial charge in [0, 0.05) is 39.8 Å². The second kappa shape index (κ2) is 12.3. The number of methoxy groups -OCH3 is 1. The molecule has 1 unspecified atom stereocenters. The van der Waals surface area contributed by atoms with Crippen LogP contribution in [0.1, 0.15) is 27.7 Å². The zero-order valence-corrected chi connectivity index (χ0v) is 17.7. The Hall–Kier alpha value is -0.120. The summed E-state index contributed by atoms with van der Waals surface area (Å²) in [6.45, 7) is 15.7. The number of ether oxygens (including phenoxy) is 2. The van der Waals surface area contributed by atoms with E-state index < -0.39 is 0 Å². The SMILES string of the molecule is CCNC(=NCC(C)(C)OC)NCC(C)CN1CCOCC1.I. The minimum atomic E-state index is -0.234. The Bertz CT molecular complexity index is 334. The van der Waals surface area contributed by atoms with Crippen molar-refractivity contribution in [1.82, 2.24) is 15.5 Å². The molecule has 1 fully saturated rings. The van der Waals surface area contributed by atoms with E-state index in [1.54, 1.807) is 7.11 Å². The summed E-state index contributed by atoms with van der Waals surface area (Å²) in [5, 5.41) is 6.72. The van der Waals surface area contributed by atoms with Crippen LogP contribution in [0, 0.1) is 5.92 Å². The number of halogens is 1. The maximum absolute atomic E-state index is 5.41. The van der Waals surface area contributed by atoms with Crippen LogP contribution in [0.15, 0.2) is 4.99 Å². The van der Waals surface area contributed by atoms with E-state index >= 15 is 0 Å². The van der Waals surface area contributed by atoms with Crippen LogP contribution >= 0.6 is 24.0 Å². The van der Waals surface area contributed by atoms with Gasteiger partial charge in [0.05, 0.1) is 25.4 Å². The second-order valence-corrected chi connectivity index (χ2v) is 6.56. The smallest absolute Gasteiger partial charge is 0.191 e. The maximum atomic E-state index is 5.41. The fourth-order valence-electron chi connectivity index (χ4n) is 2.24. The number of hydrogen-bond acceptors (Lipinski definition) is 4. The third-order valence-electron chi connectivity index (χ3n) is 3.81. The normalized spacial score (nSPS) is 18.2. The summed E-state index contributed by atoms with van der Waals surface area (Å²) in [5.41, 5.74) is -0.234. The van der Waals surface area contributed by atoms with Crippen molar-refractivity contribution in [3.05, 3.63) is 0 Å². The maximum Gasteiger partial charge on any atom is 0.191 e. The van der Waals surface area contributed by atoms with Gasteiger partial charge in [-0.15, -0.1) is 24.0 Å². The lowest BCUT2D eigenvalue weighted by molar-refractivity contribution is 0.0309. The van der Waals surface area contributed by atoms with Crippen molar-refractivity contribution in [3.63, 3.8) is 0 Å². The number of aliphatic imine (C=N–C) groups is 1. The molecule has 0 bridgehead atoms. The lowest BCUT2D eigenvalue weighted by Gasteiger charge is -2.29. The van der Waals surface area contributed by atoms with Gasteiger partial charge in [0.1, 0.15) is 0 Å². The van der Waals surface area contributed by atoms with Crippen molar-refractivity contribution >= 4 is 29.9 Å². The molecule has 1 atom stereocenters. The number of rotatable bonds is 8. The van der Waals surface area contributed by atoms with Crippen molar-refractivity contribution in [2.75, 3.05) is 59.6 Å². The Morgan fingerprint density at radius 2 is 1.96 bits per heavy atom. The largest absolute Gasteiger partial charge is 0.379 e. The standard InChI is InChI=1S/C16H34N4O2.HI/c1-6-17-15(19-13-16(3,4)21-5)18-11-14(2)12-20-7-9-22-10-8-20;/h14H,6-13H2,1-5H3,(H2,17,18,19);1H. The van der Waals surface area contributed by atoms with E-state index in [0.717, 1.165) is 51.9 Å². The van der Waals surface area contributed by atoms with Crippen LogP contribution in [0.3, 0.4) is 0 Å². The van der Waals surface area contributed by atoms with Gasteiger partial charge in [0.2, 0.25) is 0 Å². The molecule has 0 aromatic heterocycles. The van der Waals surface area contributed by atoms with Crippen LogP contribution in [-0.2, 0) is 9.47 Å². The first-order chi connectivity index (χ1) is 10.5. The molecule has 0 saturated carbocycles. The van der Waals surface area contributed by atoms with Gasteiger partial charge in [0.15, 0.2) is 5.96 Å². The third-order valence-corrected chi connectivity index (χ3v) is 3.81. The molecule has 7 heteroatoms. The first-order valence-corrected chi connectivity index (χ1v) is 8.34. The predicted octanol–water partition coefficient (Wildman–Crippen LogP) is 1.55. The Labute approximate surface area is 158 Å². The number of guanidine groups is 1. The van der Waals surface area contributed by atoms with E-state index in [9.17, 15) is 0 Å². The molecule has 2 N–H and O–H groups in total. The quantitative estimate of drug-likeness (QED) is 0.340. The predicted molar refractivity (Wildman–Crippen MR) is 107 cm³/mol. The lowest BCUT2D eigenvalue weighted by Crippen LogP contribution is -2.44. The van der Waals surface area contributed by atoms with Crippen LogP contribution in [-0.4, -0.2) is 76.1 Å². The second-order valence-electron chi connectivity index (χ2n) is 6.56. The average Bonchev–Trinajstić information content (AvgIpc) is 2.51. The molecule has 138 valence electrons. The summed E-state index contributed by atoms with van der Waals surface area (Å²) in [6.07, 6.45) is 0. The highest BCUT2D eigenvalue weighted by Gasteiger charge is 2.16. The van der Waals surface area contributed by atoms with Gasteiger partial charge < -0.3 is 20.1 Å². The third kappa shape index (κ3) is 10.4. The number of morpholine rings is 1. The van der Waals surface area contributed by atoms with E-state index in [4.69, 9.17) is 9.47 Å². The topological polar surface area (TPSA) is 58.1 Å². The molecule has 0 spiro atoms. The van der Waals surface area contributed by atoms with E-state index in [0.29, 0.717) is 12.5 Å². The summed E-state index contributed by atoms with van der Waals surface area (Å²) < 4.78 is 10.8. The van der Waals surface area contributed by atoms with Gasteiger partial charge in [-0.25, -0.2) is 0 Å². The summed E-state index contributed by atoms with van der Waals surface area (Å²) in [7, 11) is 1.72. The van der Waals surface area contributed by atoms with E-state index in [-0.39, 0.29) is 29.6 Å². The highest BCUT2D eigenvalue weighted by atomic mass is 127. The summed E-state index contributed by atoms with van der Waals surface area (Å²) in [6, 6.07) is 0. The van der Waals surface area contributed by atoms with Crippen molar-refractivity contribution in [2.24, 2.45) is 10.9 Å². The van der Waals surface area contributed by atoms with E-state index in [1.165, 1.54) is 0 Å². The molecular formula is C16H35IN4O2. The molecule has 1 aliphatic rings. The molecule has 0 aliphatic carbocycles. The van der Waals surface area contributed by atoms with Gasteiger partial charge in [0.25, 0.3) is 0 Å². The van der Waals surface area contributed by atoms with Crippen LogP contribution < -0.4 is 10.6 Å². The van der Waals surface area contributed by atoms with Crippen LogP contribution in [0.4, 0.5) is 0 Å². The van der Waals surface area contributed by atoms with Gasteiger partial charge in [-0.2, -0.15) is 0 Å². The molecule has 23 heavy (non-hydrogen) atoms. The van der Waals surface area contributed by atoms with Gasteiger partial charge in [-0.05, 0) is 26.7 Å². The molecule has 1 heterocycles. The minimum Gasteiger partial charge on any atom is -0.379 e. The fourth-order valence-corrected chi connectivity index (χ4v) is 2.24. The zero-order chi connectivity index (χ0) is 16.4. The highest BCUT2D eigenvalue weighted by molar-refractivity contribution is 14.0. The molecule has 1 rings (SSSR count). The van der Waals surface area contributed by atoms with Crippen LogP contribution in [0.2, 0.25) is 0 Å². The van der Waals surface area contributed by atoms with E-state index in [1.807, 2.05) is 13.8 Å². The monoisotopic (exact) mass is 442 g/mol. The summed E-state index contributed by atoms with van der Waals surface area (Å²) in [4.78, 5) is 7.08. The summed E-state index contributed by atoms with van der Waals surface area (Å²) >= 11 is 0. The Morgan fingerprint density at radius 1 is 1.30 bits per heavy atom. The molecular weight excluding hydrogens is 407 g/mol. The molecule has 0 radical (unpaired) electrons. The minimum absolute atomic E-state index is 0. The highest BCUT2D eigenvalue weighted by Crippen LogP contribution is 2.07. The van der Waals surface area contributed by atoms with Crippen LogP contribution in [0.25, 0.3) is 0 Å². The van der Waals surface area contributed by atoms with Crippen molar-refractivity contribution in [3.8, 4) is 0 Å². The Morgan fingerprint density at radius 3 is 2.52 bits per heavy atom. The summed E-state index contributed by atoms with van der Waals surface area (Å²) in [5.74, 6) is 1.43. The van der Waals surface area contributed by atoms with Gasteiger partial charge in [-0.3, -0.25) is 9.89 Å². The van der Waals surface area contributed by atoms with E-state index in [2.05, 4.69) is 34.4 Å². The number of hydrogen-bond donors (Lipinski definition) is 2. The first-order valence-electron chi connectivity index (χ1n) is 8.34. The number of nitrogens with zero attached hydrogens (tertiary/aromatic N) is 2.